The highest BCUT2D eigenvalue weighted by Crippen LogP contribution is 2.41. The Morgan fingerprint density at radius 3 is 2.48 bits per heavy atom. The number of hydrogen-bond acceptors (Lipinski definition) is 3. The van der Waals surface area contributed by atoms with Gasteiger partial charge in [0, 0.05) is 11.7 Å². The van der Waals surface area contributed by atoms with E-state index in [1.54, 1.807) is 11.8 Å². The van der Waals surface area contributed by atoms with Gasteiger partial charge in [0.25, 0.3) is 0 Å². The first kappa shape index (κ1) is 16.7. The van der Waals surface area contributed by atoms with Crippen LogP contribution in [0.5, 0.6) is 0 Å². The van der Waals surface area contributed by atoms with Crippen LogP contribution in [-0.4, -0.2) is 27.6 Å². The number of aliphatic carboxylic acids is 1. The summed E-state index contributed by atoms with van der Waals surface area (Å²) in [5.41, 5.74) is 0. The van der Waals surface area contributed by atoms with Crippen molar-refractivity contribution >= 4 is 23.6 Å². The fourth-order valence-electron chi connectivity index (χ4n) is 3.53. The molecule has 1 heterocycles. The first-order valence-corrected chi connectivity index (χ1v) is 9.11. The van der Waals surface area contributed by atoms with Gasteiger partial charge in [-0.3, -0.25) is 9.59 Å². The van der Waals surface area contributed by atoms with E-state index in [9.17, 15) is 14.7 Å². The van der Waals surface area contributed by atoms with Gasteiger partial charge < -0.3 is 10.4 Å². The molecule has 1 saturated heterocycles. The Morgan fingerprint density at radius 2 is 1.86 bits per heavy atom. The highest BCUT2D eigenvalue weighted by molar-refractivity contribution is 8.00. The number of nitrogens with one attached hydrogen (secondary N) is 1. The van der Waals surface area contributed by atoms with Crippen molar-refractivity contribution in [1.29, 1.82) is 0 Å². The molecule has 0 bridgehead atoms. The molecule has 1 saturated carbocycles. The zero-order valence-electron chi connectivity index (χ0n) is 13.0. The van der Waals surface area contributed by atoms with E-state index in [2.05, 4.69) is 5.32 Å². The molecule has 0 aromatic carbocycles. The van der Waals surface area contributed by atoms with Crippen LogP contribution in [0.25, 0.3) is 0 Å². The number of rotatable bonds is 5. The maximum absolute atomic E-state index is 12.1. The Kier molecular flexibility index (Phi) is 5.97. The van der Waals surface area contributed by atoms with E-state index in [0.29, 0.717) is 12.3 Å². The number of carbonyl (C=O) groups excluding carboxylic acids is 1. The van der Waals surface area contributed by atoms with E-state index in [-0.39, 0.29) is 22.4 Å². The highest BCUT2D eigenvalue weighted by Gasteiger charge is 2.44. The second kappa shape index (κ2) is 7.52. The minimum absolute atomic E-state index is 0.0191. The van der Waals surface area contributed by atoms with Gasteiger partial charge in [-0.1, -0.05) is 46.0 Å². The van der Waals surface area contributed by atoms with E-state index >= 15 is 0 Å². The molecule has 2 N–H and O–H groups in total. The number of amides is 1. The minimum atomic E-state index is -0.795. The molecular formula is C16H27NO3S. The van der Waals surface area contributed by atoms with Crippen molar-refractivity contribution in [2.75, 3.05) is 0 Å². The molecule has 1 aliphatic carbocycles. The third kappa shape index (κ3) is 4.38. The Labute approximate surface area is 131 Å². The van der Waals surface area contributed by atoms with Crippen molar-refractivity contribution in [3.05, 3.63) is 0 Å². The first-order valence-electron chi connectivity index (χ1n) is 8.16. The smallest absolute Gasteiger partial charge is 0.309 e. The van der Waals surface area contributed by atoms with Gasteiger partial charge in [-0.05, 0) is 18.3 Å². The minimum Gasteiger partial charge on any atom is -0.481 e. The van der Waals surface area contributed by atoms with Gasteiger partial charge in [-0.2, -0.15) is 0 Å². The van der Waals surface area contributed by atoms with E-state index < -0.39 is 11.9 Å². The number of hydrogen-bond donors (Lipinski definition) is 2. The van der Waals surface area contributed by atoms with Crippen LogP contribution < -0.4 is 5.32 Å². The topological polar surface area (TPSA) is 66.4 Å². The molecule has 0 aromatic heterocycles. The lowest BCUT2D eigenvalue weighted by atomic mass is 9.86. The maximum Gasteiger partial charge on any atom is 0.309 e. The molecular weight excluding hydrogens is 286 g/mol. The normalized spacial score (nSPS) is 33.8. The van der Waals surface area contributed by atoms with Gasteiger partial charge >= 0.3 is 5.97 Å². The number of carboxylic acid groups (broad SMARTS) is 1. The molecule has 0 spiro atoms. The molecule has 5 heteroatoms. The van der Waals surface area contributed by atoms with Crippen LogP contribution in [-0.2, 0) is 9.59 Å². The van der Waals surface area contributed by atoms with Crippen molar-refractivity contribution in [2.45, 2.75) is 69.4 Å². The average Bonchev–Trinajstić information content (AvgIpc) is 2.72. The molecule has 120 valence electrons. The zero-order valence-corrected chi connectivity index (χ0v) is 13.8. The quantitative estimate of drug-likeness (QED) is 0.817. The van der Waals surface area contributed by atoms with Crippen molar-refractivity contribution in [3.8, 4) is 0 Å². The third-order valence-corrected chi connectivity index (χ3v) is 6.65. The molecule has 21 heavy (non-hydrogen) atoms. The van der Waals surface area contributed by atoms with Gasteiger partial charge in [0.2, 0.25) is 5.91 Å². The summed E-state index contributed by atoms with van der Waals surface area (Å²) in [6, 6.07) is 0. The van der Waals surface area contributed by atoms with E-state index in [1.165, 1.54) is 32.1 Å². The lowest BCUT2D eigenvalue weighted by Gasteiger charge is -2.22. The van der Waals surface area contributed by atoms with Gasteiger partial charge in [-0.15, -0.1) is 11.8 Å². The summed E-state index contributed by atoms with van der Waals surface area (Å²) in [5.74, 6) is -0.462. The van der Waals surface area contributed by atoms with Gasteiger partial charge in [-0.25, -0.2) is 0 Å². The van der Waals surface area contributed by atoms with E-state index in [1.807, 2.05) is 13.8 Å². The van der Waals surface area contributed by atoms with Crippen LogP contribution >= 0.6 is 11.8 Å². The molecule has 2 aliphatic rings. The summed E-state index contributed by atoms with van der Waals surface area (Å²) in [5, 5.41) is 12.3. The predicted molar refractivity (Wildman–Crippen MR) is 85.1 cm³/mol. The lowest BCUT2D eigenvalue weighted by molar-refractivity contribution is -0.143. The first-order chi connectivity index (χ1) is 9.99. The van der Waals surface area contributed by atoms with Crippen LogP contribution in [0.3, 0.4) is 0 Å². The van der Waals surface area contributed by atoms with Crippen LogP contribution in [0.2, 0.25) is 0 Å². The summed E-state index contributed by atoms with van der Waals surface area (Å²) in [6.07, 6.45) is 7.90. The number of thioether (sulfide) groups is 1. The van der Waals surface area contributed by atoms with E-state index in [0.717, 1.165) is 6.42 Å². The monoisotopic (exact) mass is 313 g/mol. The Bertz CT molecular complexity index is 382. The summed E-state index contributed by atoms with van der Waals surface area (Å²) in [6.45, 7) is 4.00. The highest BCUT2D eigenvalue weighted by atomic mass is 32.2. The predicted octanol–water partition coefficient (Wildman–Crippen LogP) is 3.26. The Hall–Kier alpha value is -0.710. The standard InChI is InChI=1S/C16H27NO3S/c1-10-11(2)21-15(14(10)16(19)20)17-13(18)9-8-12-6-4-3-5-7-12/h10-12,14-15H,3-9H2,1-2H3,(H,17,18)(H,19,20). The summed E-state index contributed by atoms with van der Waals surface area (Å²) >= 11 is 1.59. The number of carbonyl (C=O) groups is 2. The van der Waals surface area contributed by atoms with Crippen molar-refractivity contribution in [3.63, 3.8) is 0 Å². The third-order valence-electron chi connectivity index (χ3n) is 5.09. The van der Waals surface area contributed by atoms with Crippen LogP contribution in [0.15, 0.2) is 0 Å². The molecule has 2 fully saturated rings. The summed E-state index contributed by atoms with van der Waals surface area (Å²) in [7, 11) is 0. The van der Waals surface area contributed by atoms with Crippen molar-refractivity contribution < 1.29 is 14.7 Å². The summed E-state index contributed by atoms with van der Waals surface area (Å²) < 4.78 is 0. The van der Waals surface area contributed by atoms with Crippen LogP contribution in [0.4, 0.5) is 0 Å². The number of carboxylic acids is 1. The largest absolute Gasteiger partial charge is 0.481 e. The van der Waals surface area contributed by atoms with Gasteiger partial charge in [0.05, 0.1) is 11.3 Å². The van der Waals surface area contributed by atoms with Gasteiger partial charge in [0.15, 0.2) is 0 Å². The SMILES string of the molecule is CC1SC(NC(=O)CCC2CCCCC2)C(C(=O)O)C1C. The molecule has 2 rings (SSSR count). The average molecular weight is 313 g/mol. The molecule has 0 aromatic rings. The second-order valence-corrected chi connectivity index (χ2v) is 8.12. The van der Waals surface area contributed by atoms with Crippen molar-refractivity contribution in [2.24, 2.45) is 17.8 Å². The Morgan fingerprint density at radius 1 is 1.19 bits per heavy atom. The lowest BCUT2D eigenvalue weighted by Crippen LogP contribution is -2.40. The fourth-order valence-corrected chi connectivity index (χ4v) is 5.14. The molecule has 4 atom stereocenters. The molecule has 4 unspecified atom stereocenters. The second-order valence-electron chi connectivity index (χ2n) is 6.60. The Balaban J connectivity index is 1.79. The molecule has 4 nitrogen and oxygen atoms in total. The zero-order chi connectivity index (χ0) is 15.4. The van der Waals surface area contributed by atoms with E-state index in [4.69, 9.17) is 0 Å². The van der Waals surface area contributed by atoms with Crippen LogP contribution in [0, 0.1) is 17.8 Å². The van der Waals surface area contributed by atoms with Crippen LogP contribution in [0.1, 0.15) is 58.8 Å². The molecule has 0 radical (unpaired) electrons. The summed E-state index contributed by atoms with van der Waals surface area (Å²) in [4.78, 5) is 23.5. The molecule has 1 aliphatic heterocycles. The fraction of sp³-hybridized carbons (Fsp3) is 0.875. The molecule has 1 amide bonds. The van der Waals surface area contributed by atoms with Gasteiger partial charge in [0.1, 0.15) is 0 Å². The maximum atomic E-state index is 12.1. The van der Waals surface area contributed by atoms with Crippen molar-refractivity contribution in [1.82, 2.24) is 5.32 Å².